The summed E-state index contributed by atoms with van der Waals surface area (Å²) in [5.74, 6) is 0.197. The molecule has 0 unspecified atom stereocenters. The molecule has 30 heavy (non-hydrogen) atoms. The number of aromatic nitrogens is 1. The molecule has 6 nitrogen and oxygen atoms in total. The zero-order valence-electron chi connectivity index (χ0n) is 18.4. The Hall–Kier alpha value is -2.47. The number of amides is 3. The third-order valence-electron chi connectivity index (χ3n) is 4.83. The lowest BCUT2D eigenvalue weighted by atomic mass is 10.2. The van der Waals surface area contributed by atoms with Gasteiger partial charge in [0.1, 0.15) is 6.54 Å². The predicted molar refractivity (Wildman–Crippen MR) is 123 cm³/mol. The smallest absolute Gasteiger partial charge is 0.322 e. The highest BCUT2D eigenvalue weighted by Gasteiger charge is 2.22. The largest absolute Gasteiger partial charge is 0.353 e. The van der Waals surface area contributed by atoms with Crippen molar-refractivity contribution in [3.8, 4) is 0 Å². The minimum atomic E-state index is -0.284. The van der Waals surface area contributed by atoms with Gasteiger partial charge < -0.3 is 19.7 Å². The fraction of sp³-hybridized carbons (Fsp3) is 0.478. The molecule has 0 aliphatic rings. The van der Waals surface area contributed by atoms with Gasteiger partial charge in [-0.1, -0.05) is 38.8 Å². The van der Waals surface area contributed by atoms with Gasteiger partial charge in [0, 0.05) is 42.7 Å². The van der Waals surface area contributed by atoms with Gasteiger partial charge in [0.25, 0.3) is 0 Å². The van der Waals surface area contributed by atoms with E-state index >= 15 is 0 Å². The maximum absolute atomic E-state index is 13.2. The average molecular weight is 433 g/mol. The molecule has 164 valence electrons. The van der Waals surface area contributed by atoms with Crippen molar-refractivity contribution in [1.82, 2.24) is 14.4 Å². The van der Waals surface area contributed by atoms with Gasteiger partial charge in [-0.2, -0.15) is 0 Å². The van der Waals surface area contributed by atoms with Crippen molar-refractivity contribution in [1.29, 1.82) is 0 Å². The van der Waals surface area contributed by atoms with Gasteiger partial charge in [-0.3, -0.25) is 4.79 Å². The lowest BCUT2D eigenvalue weighted by Gasteiger charge is -2.29. The first-order chi connectivity index (χ1) is 14.3. The van der Waals surface area contributed by atoms with Crippen LogP contribution in [0.2, 0.25) is 5.02 Å². The van der Waals surface area contributed by atoms with Crippen LogP contribution in [-0.4, -0.2) is 45.9 Å². The van der Waals surface area contributed by atoms with Crippen LogP contribution in [0.4, 0.5) is 10.5 Å². The lowest BCUT2D eigenvalue weighted by molar-refractivity contribution is -0.132. The van der Waals surface area contributed by atoms with E-state index in [4.69, 9.17) is 11.6 Å². The van der Waals surface area contributed by atoms with Crippen molar-refractivity contribution in [2.24, 2.45) is 13.0 Å². The third kappa shape index (κ3) is 7.41. The van der Waals surface area contributed by atoms with Crippen LogP contribution in [0.15, 0.2) is 42.6 Å². The summed E-state index contributed by atoms with van der Waals surface area (Å²) in [5.41, 5.74) is 1.72. The van der Waals surface area contributed by atoms with Crippen molar-refractivity contribution < 1.29 is 9.59 Å². The maximum Gasteiger partial charge on any atom is 0.322 e. The summed E-state index contributed by atoms with van der Waals surface area (Å²) in [7, 11) is 1.97. The fourth-order valence-electron chi connectivity index (χ4n) is 3.16. The zero-order chi connectivity index (χ0) is 22.1. The van der Waals surface area contributed by atoms with Crippen LogP contribution >= 0.6 is 11.6 Å². The molecule has 1 aromatic heterocycles. The SMILES string of the molecule is CCCCN(Cc1cccn1C)C(=O)CN(CC(C)C)C(=O)Nc1ccc(Cl)cc1. The fourth-order valence-corrected chi connectivity index (χ4v) is 3.28. The van der Waals surface area contributed by atoms with E-state index in [-0.39, 0.29) is 24.4 Å². The number of rotatable bonds is 10. The first kappa shape index (κ1) is 23.8. The van der Waals surface area contributed by atoms with E-state index in [9.17, 15) is 9.59 Å². The van der Waals surface area contributed by atoms with Gasteiger partial charge in [0.15, 0.2) is 0 Å². The molecular formula is C23H33ClN4O2. The van der Waals surface area contributed by atoms with E-state index in [1.54, 1.807) is 29.2 Å². The van der Waals surface area contributed by atoms with Gasteiger partial charge >= 0.3 is 6.03 Å². The first-order valence-corrected chi connectivity index (χ1v) is 10.9. The van der Waals surface area contributed by atoms with Crippen LogP contribution in [0.1, 0.15) is 39.3 Å². The number of halogens is 1. The monoisotopic (exact) mass is 432 g/mol. The van der Waals surface area contributed by atoms with Crippen LogP contribution in [0.3, 0.4) is 0 Å². The second-order valence-corrected chi connectivity index (χ2v) is 8.43. The number of urea groups is 1. The Morgan fingerprint density at radius 1 is 1.13 bits per heavy atom. The highest BCUT2D eigenvalue weighted by molar-refractivity contribution is 6.30. The van der Waals surface area contributed by atoms with E-state index < -0.39 is 0 Å². The molecule has 1 heterocycles. The Morgan fingerprint density at radius 2 is 1.83 bits per heavy atom. The minimum absolute atomic E-state index is 0.0449. The minimum Gasteiger partial charge on any atom is -0.353 e. The van der Waals surface area contributed by atoms with E-state index in [1.807, 2.05) is 48.7 Å². The second-order valence-electron chi connectivity index (χ2n) is 7.99. The number of carbonyl (C=O) groups is 2. The molecule has 0 atom stereocenters. The summed E-state index contributed by atoms with van der Waals surface area (Å²) in [6.07, 6.45) is 3.91. The molecule has 3 amide bonds. The molecule has 0 saturated heterocycles. The van der Waals surface area contributed by atoms with Crippen molar-refractivity contribution in [3.63, 3.8) is 0 Å². The highest BCUT2D eigenvalue weighted by Crippen LogP contribution is 2.15. The summed E-state index contributed by atoms with van der Waals surface area (Å²) < 4.78 is 2.02. The number of carbonyl (C=O) groups excluding carboxylic acids is 2. The number of anilines is 1. The molecule has 0 bridgehead atoms. The zero-order valence-corrected chi connectivity index (χ0v) is 19.2. The summed E-state index contributed by atoms with van der Waals surface area (Å²) in [4.78, 5) is 29.5. The van der Waals surface area contributed by atoms with Gasteiger partial charge in [-0.25, -0.2) is 4.79 Å². The molecule has 2 rings (SSSR count). The molecular weight excluding hydrogens is 400 g/mol. The Balaban J connectivity index is 2.10. The van der Waals surface area contributed by atoms with Crippen molar-refractivity contribution in [2.45, 2.75) is 40.2 Å². The van der Waals surface area contributed by atoms with Gasteiger partial charge in [-0.05, 0) is 48.7 Å². The Bertz CT molecular complexity index is 817. The number of unbranched alkanes of at least 4 members (excludes halogenated alkanes) is 1. The molecule has 0 spiro atoms. The standard InChI is InChI=1S/C23H33ClN4O2/c1-5-6-14-27(16-21-8-7-13-26(21)4)22(29)17-28(15-18(2)3)23(30)25-20-11-9-19(24)10-12-20/h7-13,18H,5-6,14-17H2,1-4H3,(H,25,30). The summed E-state index contributed by atoms with van der Waals surface area (Å²) >= 11 is 5.92. The summed E-state index contributed by atoms with van der Waals surface area (Å²) in [5, 5.41) is 3.48. The van der Waals surface area contributed by atoms with E-state index in [0.717, 1.165) is 18.5 Å². The molecule has 7 heteroatoms. The number of nitrogens with zero attached hydrogens (tertiary/aromatic N) is 3. The third-order valence-corrected chi connectivity index (χ3v) is 5.08. The van der Waals surface area contributed by atoms with Crippen LogP contribution in [0.25, 0.3) is 0 Å². The van der Waals surface area contributed by atoms with Crippen LogP contribution < -0.4 is 5.32 Å². The Labute approximate surface area is 184 Å². The number of hydrogen-bond donors (Lipinski definition) is 1. The normalized spacial score (nSPS) is 10.9. The number of aryl methyl sites for hydroxylation is 1. The van der Waals surface area contributed by atoms with E-state index in [0.29, 0.717) is 30.3 Å². The van der Waals surface area contributed by atoms with Crippen LogP contribution in [0, 0.1) is 5.92 Å². The molecule has 0 aliphatic heterocycles. The van der Waals surface area contributed by atoms with Crippen LogP contribution in [-0.2, 0) is 18.4 Å². The second kappa shape index (κ2) is 11.6. The molecule has 0 aliphatic carbocycles. The quantitative estimate of drug-likeness (QED) is 0.574. The van der Waals surface area contributed by atoms with E-state index in [2.05, 4.69) is 12.2 Å². The van der Waals surface area contributed by atoms with E-state index in [1.165, 1.54) is 0 Å². The molecule has 0 saturated carbocycles. The molecule has 1 N–H and O–H groups in total. The molecule has 0 fully saturated rings. The summed E-state index contributed by atoms with van der Waals surface area (Å²) in [6.45, 7) is 7.93. The lowest BCUT2D eigenvalue weighted by Crippen LogP contribution is -2.46. The number of hydrogen-bond acceptors (Lipinski definition) is 2. The van der Waals surface area contributed by atoms with Crippen molar-refractivity contribution in [3.05, 3.63) is 53.3 Å². The number of benzene rings is 1. The van der Waals surface area contributed by atoms with Gasteiger partial charge in [0.05, 0.1) is 6.54 Å². The topological polar surface area (TPSA) is 57.6 Å². The van der Waals surface area contributed by atoms with Crippen LogP contribution in [0.5, 0.6) is 0 Å². The molecule has 2 aromatic rings. The molecule has 0 radical (unpaired) electrons. The number of nitrogens with one attached hydrogen (secondary N) is 1. The average Bonchev–Trinajstić information content (AvgIpc) is 3.10. The summed E-state index contributed by atoms with van der Waals surface area (Å²) in [6, 6.07) is 10.7. The van der Waals surface area contributed by atoms with Gasteiger partial charge in [-0.15, -0.1) is 0 Å². The predicted octanol–water partition coefficient (Wildman–Crippen LogP) is 5.00. The Morgan fingerprint density at radius 3 is 2.40 bits per heavy atom. The van der Waals surface area contributed by atoms with Gasteiger partial charge in [0.2, 0.25) is 5.91 Å². The van der Waals surface area contributed by atoms with Crippen molar-refractivity contribution in [2.75, 3.05) is 25.0 Å². The van der Waals surface area contributed by atoms with Crippen molar-refractivity contribution >= 4 is 29.2 Å². The first-order valence-electron chi connectivity index (χ1n) is 10.5. The Kier molecular flexibility index (Phi) is 9.24. The maximum atomic E-state index is 13.2. The molecule has 1 aromatic carbocycles. The highest BCUT2D eigenvalue weighted by atomic mass is 35.5.